The van der Waals surface area contributed by atoms with Crippen molar-refractivity contribution in [3.8, 4) is 0 Å². The number of hydrogen-bond acceptors (Lipinski definition) is 10. The molecule has 0 spiro atoms. The average Bonchev–Trinajstić information content (AvgIpc) is 2.79. The molecule has 1 N–H and O–H groups in total. The van der Waals surface area contributed by atoms with Crippen molar-refractivity contribution >= 4 is 49.9 Å². The molecule has 218 valence electrons. The third kappa shape index (κ3) is 7.39. The van der Waals surface area contributed by atoms with Crippen molar-refractivity contribution in [2.75, 3.05) is 19.8 Å². The van der Waals surface area contributed by atoms with Crippen LogP contribution in [0.2, 0.25) is 13.1 Å². The molecular formula is C26H45NO9SSi. The summed E-state index contributed by atoms with van der Waals surface area (Å²) in [6.07, 6.45) is -1.98. The second-order valence-corrected chi connectivity index (χ2v) is 13.7. The highest BCUT2D eigenvalue weighted by Gasteiger charge is 2.64. The number of carbonyl (C=O) groups is 4. The van der Waals surface area contributed by atoms with Gasteiger partial charge in [-0.3, -0.25) is 14.4 Å². The molecule has 1 unspecified atom stereocenters. The molecule has 0 aromatic heterocycles. The van der Waals surface area contributed by atoms with Crippen LogP contribution >= 0.6 is 12.2 Å². The van der Waals surface area contributed by atoms with Gasteiger partial charge in [-0.25, -0.2) is 4.79 Å². The van der Waals surface area contributed by atoms with Gasteiger partial charge in [0.1, 0.15) is 0 Å². The number of β-lactam (4-membered cyclic amide) rings is 1. The van der Waals surface area contributed by atoms with Crippen LogP contribution in [0.5, 0.6) is 0 Å². The number of aliphatic hydroxyl groups excluding tert-OH is 1. The summed E-state index contributed by atoms with van der Waals surface area (Å²) >= 11 is 5.70. The number of aliphatic hydroxyl groups is 1. The second kappa shape index (κ2) is 13.9. The average molecular weight is 576 g/mol. The summed E-state index contributed by atoms with van der Waals surface area (Å²) in [5, 5.41) is 10.8. The first-order valence-corrected chi connectivity index (χ1v) is 16.4. The van der Waals surface area contributed by atoms with E-state index < -0.39 is 73.9 Å². The van der Waals surface area contributed by atoms with Crippen LogP contribution in [0.1, 0.15) is 61.8 Å². The van der Waals surface area contributed by atoms with Crippen molar-refractivity contribution in [3.05, 3.63) is 0 Å². The molecule has 1 heterocycles. The number of carbonyl (C=O) groups excluding carboxylic acids is 4. The number of hydrogen-bond donors (Lipinski definition) is 1. The highest BCUT2D eigenvalue weighted by molar-refractivity contribution is 7.80. The van der Waals surface area contributed by atoms with Gasteiger partial charge in [-0.2, -0.15) is 0 Å². The van der Waals surface area contributed by atoms with Crippen molar-refractivity contribution in [2.24, 2.45) is 23.2 Å². The first-order valence-electron chi connectivity index (χ1n) is 13.2. The maximum Gasteiger partial charge on any atom is 0.356 e. The van der Waals surface area contributed by atoms with Gasteiger partial charge < -0.3 is 28.6 Å². The van der Waals surface area contributed by atoms with Gasteiger partial charge in [0.05, 0.1) is 37.4 Å². The number of nitrogens with zero attached hydrogens (tertiary/aromatic N) is 1. The fraction of sp³-hybridized carbons (Fsp3) is 0.808. The maximum atomic E-state index is 13.6. The number of ether oxygens (including phenoxy) is 3. The molecule has 12 heteroatoms. The van der Waals surface area contributed by atoms with E-state index in [1.807, 2.05) is 40.8 Å². The smallest absolute Gasteiger partial charge is 0.356 e. The highest BCUT2D eigenvalue weighted by Crippen LogP contribution is 2.50. The van der Waals surface area contributed by atoms with Crippen LogP contribution in [0.25, 0.3) is 0 Å². The summed E-state index contributed by atoms with van der Waals surface area (Å²) in [7, 11) is -1.66. The standard InChI is InChI=1S/C26H45NO9SSi/c1-11-33-22(30)16(23(31)34-12-2)14-17(37)15(4)19-18(26(8,25(5,6)7)36-38(9)10)20(28)27(19)21(29)24(32)35-13-3/h15-16,18-19,21,29,38H,11-14H2,1-10H3/t15-,18+,19+,21?,26+/m0/s1. The van der Waals surface area contributed by atoms with Crippen LogP contribution < -0.4 is 0 Å². The third-order valence-corrected chi connectivity index (χ3v) is 8.57. The minimum absolute atomic E-state index is 0.0303. The first kappa shape index (κ1) is 34.1. The van der Waals surface area contributed by atoms with Gasteiger partial charge >= 0.3 is 17.9 Å². The highest BCUT2D eigenvalue weighted by atomic mass is 32.1. The molecule has 1 aliphatic rings. The lowest BCUT2D eigenvalue weighted by Crippen LogP contribution is -2.76. The van der Waals surface area contributed by atoms with Crippen LogP contribution in [-0.4, -0.2) is 85.4 Å². The summed E-state index contributed by atoms with van der Waals surface area (Å²) in [5.41, 5.74) is -1.45. The Labute approximate surface area is 233 Å². The van der Waals surface area contributed by atoms with Gasteiger partial charge in [-0.15, -0.1) is 0 Å². The van der Waals surface area contributed by atoms with Crippen LogP contribution in [0.15, 0.2) is 0 Å². The lowest BCUT2D eigenvalue weighted by atomic mass is 9.61. The Balaban J connectivity index is 3.52. The minimum atomic E-state index is -1.83. The van der Waals surface area contributed by atoms with E-state index in [9.17, 15) is 24.3 Å². The Morgan fingerprint density at radius 2 is 1.42 bits per heavy atom. The van der Waals surface area contributed by atoms with Gasteiger partial charge in [0.25, 0.3) is 0 Å². The molecule has 1 rings (SSSR count). The van der Waals surface area contributed by atoms with Gasteiger partial charge in [0.15, 0.2) is 15.0 Å². The van der Waals surface area contributed by atoms with Crippen molar-refractivity contribution < 1.29 is 42.9 Å². The molecule has 0 aromatic carbocycles. The summed E-state index contributed by atoms with van der Waals surface area (Å²) in [4.78, 5) is 52.6. The molecule has 0 aliphatic carbocycles. The zero-order chi connectivity index (χ0) is 29.6. The van der Waals surface area contributed by atoms with Gasteiger partial charge in [-0.1, -0.05) is 39.9 Å². The number of rotatable bonds is 14. The van der Waals surface area contributed by atoms with Crippen LogP contribution in [0.3, 0.4) is 0 Å². The lowest BCUT2D eigenvalue weighted by Gasteiger charge is -2.60. The van der Waals surface area contributed by atoms with E-state index in [0.717, 1.165) is 4.90 Å². The Hall–Kier alpha value is -1.89. The quantitative estimate of drug-likeness (QED) is 0.0824. The molecule has 5 atom stereocenters. The molecule has 1 amide bonds. The first-order chi connectivity index (χ1) is 17.5. The maximum absolute atomic E-state index is 13.6. The van der Waals surface area contributed by atoms with Crippen molar-refractivity contribution in [1.29, 1.82) is 0 Å². The predicted molar refractivity (Wildman–Crippen MR) is 148 cm³/mol. The van der Waals surface area contributed by atoms with Crippen LogP contribution in [-0.2, 0) is 37.8 Å². The van der Waals surface area contributed by atoms with Crippen molar-refractivity contribution in [2.45, 2.75) is 92.8 Å². The summed E-state index contributed by atoms with van der Waals surface area (Å²) in [5.74, 6) is -5.53. The summed E-state index contributed by atoms with van der Waals surface area (Å²) in [6, 6.07) is -0.753. The molecule has 0 radical (unpaired) electrons. The fourth-order valence-corrected chi connectivity index (χ4v) is 6.55. The van der Waals surface area contributed by atoms with Crippen molar-refractivity contribution in [1.82, 2.24) is 4.90 Å². The number of esters is 3. The molecule has 38 heavy (non-hydrogen) atoms. The van der Waals surface area contributed by atoms with E-state index in [2.05, 4.69) is 0 Å². The molecular weight excluding hydrogens is 530 g/mol. The monoisotopic (exact) mass is 575 g/mol. The van der Waals surface area contributed by atoms with Gasteiger partial charge in [0, 0.05) is 12.3 Å². The van der Waals surface area contributed by atoms with E-state index in [1.165, 1.54) is 0 Å². The topological polar surface area (TPSA) is 129 Å². The molecule has 1 saturated heterocycles. The lowest BCUT2D eigenvalue weighted by molar-refractivity contribution is -0.215. The normalized spacial score (nSPS) is 20.9. The molecule has 0 bridgehead atoms. The SMILES string of the molecule is CCOC(=O)C(CC(=S)[C@H](C)[C@@H]1[C@@H]([C@@](C)(O[SiH](C)C)C(C)(C)C)C(=O)N1C(O)C(=O)OCC)C(=O)OCC. The van der Waals surface area contributed by atoms with Crippen molar-refractivity contribution in [3.63, 3.8) is 0 Å². The predicted octanol–water partition coefficient (Wildman–Crippen LogP) is 2.64. The second-order valence-electron chi connectivity index (χ2n) is 10.9. The fourth-order valence-electron chi connectivity index (χ4n) is 4.77. The molecule has 0 aromatic rings. The zero-order valence-electron chi connectivity index (χ0n) is 24.4. The zero-order valence-corrected chi connectivity index (χ0v) is 26.3. The van der Waals surface area contributed by atoms with Gasteiger partial charge in [-0.05, 0) is 51.1 Å². The molecule has 1 fully saturated rings. The Kier molecular flexibility index (Phi) is 12.5. The van der Waals surface area contributed by atoms with E-state index in [4.69, 9.17) is 30.9 Å². The number of likely N-dealkylation sites (tertiary alicyclic amines) is 1. The minimum Gasteiger partial charge on any atom is -0.465 e. The Morgan fingerprint density at radius 3 is 1.82 bits per heavy atom. The van der Waals surface area contributed by atoms with Crippen LogP contribution in [0, 0.1) is 23.2 Å². The Bertz CT molecular complexity index is 872. The van der Waals surface area contributed by atoms with E-state index in [0.29, 0.717) is 4.86 Å². The largest absolute Gasteiger partial charge is 0.465 e. The third-order valence-electron chi connectivity index (χ3n) is 7.08. The number of amides is 1. The molecule has 0 saturated carbocycles. The molecule has 1 aliphatic heterocycles. The van der Waals surface area contributed by atoms with E-state index in [-0.39, 0.29) is 26.2 Å². The summed E-state index contributed by atoms with van der Waals surface area (Å²) in [6.45, 7) is 18.6. The number of thiocarbonyl (C=S) groups is 1. The van der Waals surface area contributed by atoms with E-state index >= 15 is 0 Å². The van der Waals surface area contributed by atoms with Crippen LogP contribution in [0.4, 0.5) is 0 Å². The summed E-state index contributed by atoms with van der Waals surface area (Å²) < 4.78 is 21.6. The van der Waals surface area contributed by atoms with E-state index in [1.54, 1.807) is 27.7 Å². The molecule has 10 nitrogen and oxygen atoms in total. The van der Waals surface area contributed by atoms with Gasteiger partial charge in [0.2, 0.25) is 12.1 Å². The Morgan fingerprint density at radius 1 is 0.974 bits per heavy atom.